The first-order valence-electron chi connectivity index (χ1n) is 5.05. The molecule has 1 aliphatic heterocycles. The van der Waals surface area contributed by atoms with E-state index in [0.717, 1.165) is 24.1 Å². The zero-order valence-electron chi connectivity index (χ0n) is 8.62. The van der Waals surface area contributed by atoms with Crippen LogP contribution >= 0.6 is 11.8 Å². The molecule has 1 heterocycles. The average Bonchev–Trinajstić information content (AvgIpc) is 2.13. The third-order valence-electron chi connectivity index (χ3n) is 2.78. The Hall–Kier alpha value is -0.130. The summed E-state index contributed by atoms with van der Waals surface area (Å²) in [7, 11) is 0. The first-order chi connectivity index (χ1) is 6.25. The van der Waals surface area contributed by atoms with E-state index in [4.69, 9.17) is 6.42 Å². The number of rotatable bonds is 3. The van der Waals surface area contributed by atoms with Crippen molar-refractivity contribution in [2.24, 2.45) is 0 Å². The minimum atomic E-state index is 0.719. The largest absolute Gasteiger partial charge is 0.299 e. The molecule has 0 bridgehead atoms. The van der Waals surface area contributed by atoms with Gasteiger partial charge in [0.05, 0.1) is 0 Å². The first-order valence-corrected chi connectivity index (χ1v) is 6.09. The monoisotopic (exact) mass is 197 g/mol. The van der Waals surface area contributed by atoms with Crippen LogP contribution in [0.2, 0.25) is 0 Å². The zero-order chi connectivity index (χ0) is 9.68. The summed E-state index contributed by atoms with van der Waals surface area (Å²) in [4.78, 5) is 2.57. The molecule has 1 rings (SSSR count). The summed E-state index contributed by atoms with van der Waals surface area (Å²) in [5, 5.41) is 0.777. The lowest BCUT2D eigenvalue weighted by molar-refractivity contribution is 0.211. The lowest BCUT2D eigenvalue weighted by atomic mass is 10.2. The highest BCUT2D eigenvalue weighted by atomic mass is 32.2. The number of unbranched alkanes of at least 4 members (excludes halogenated alkanes) is 1. The molecular formula is C11H19NS. The fourth-order valence-corrected chi connectivity index (χ4v) is 2.86. The van der Waals surface area contributed by atoms with E-state index in [9.17, 15) is 0 Å². The van der Waals surface area contributed by atoms with Gasteiger partial charge in [0.25, 0.3) is 0 Å². The van der Waals surface area contributed by atoms with Crippen LogP contribution in [0.4, 0.5) is 0 Å². The SMILES string of the molecule is C#CCCCN1CCSC(C)C1C. The lowest BCUT2D eigenvalue weighted by Crippen LogP contribution is -2.44. The Bertz CT molecular complexity index is 185. The lowest BCUT2D eigenvalue weighted by Gasteiger charge is -2.37. The third kappa shape index (κ3) is 3.25. The molecular weight excluding hydrogens is 178 g/mol. The van der Waals surface area contributed by atoms with E-state index >= 15 is 0 Å². The van der Waals surface area contributed by atoms with Gasteiger partial charge in [-0.2, -0.15) is 11.8 Å². The van der Waals surface area contributed by atoms with Gasteiger partial charge in [-0.1, -0.05) is 6.92 Å². The fourth-order valence-electron chi connectivity index (χ4n) is 1.70. The minimum absolute atomic E-state index is 0.719. The van der Waals surface area contributed by atoms with Crippen LogP contribution in [0.25, 0.3) is 0 Å². The van der Waals surface area contributed by atoms with Crippen molar-refractivity contribution in [3.63, 3.8) is 0 Å². The second kappa shape index (κ2) is 5.57. The second-order valence-electron chi connectivity index (χ2n) is 3.66. The van der Waals surface area contributed by atoms with Crippen LogP contribution in [0.1, 0.15) is 26.7 Å². The average molecular weight is 197 g/mol. The summed E-state index contributed by atoms with van der Waals surface area (Å²) in [6.45, 7) is 7.06. The van der Waals surface area contributed by atoms with E-state index in [2.05, 4.69) is 36.4 Å². The van der Waals surface area contributed by atoms with Crippen LogP contribution in [0, 0.1) is 12.3 Å². The first kappa shape index (κ1) is 10.9. The quantitative estimate of drug-likeness (QED) is 0.504. The molecule has 0 saturated carbocycles. The zero-order valence-corrected chi connectivity index (χ0v) is 9.44. The van der Waals surface area contributed by atoms with Gasteiger partial charge in [0.1, 0.15) is 0 Å². The molecule has 0 aromatic rings. The van der Waals surface area contributed by atoms with E-state index in [-0.39, 0.29) is 0 Å². The number of hydrogen-bond acceptors (Lipinski definition) is 2. The van der Waals surface area contributed by atoms with Gasteiger partial charge < -0.3 is 0 Å². The van der Waals surface area contributed by atoms with Crippen LogP contribution in [0.3, 0.4) is 0 Å². The Morgan fingerprint density at radius 2 is 2.31 bits per heavy atom. The van der Waals surface area contributed by atoms with Crippen LogP contribution in [0.15, 0.2) is 0 Å². The van der Waals surface area contributed by atoms with Gasteiger partial charge in [-0.05, 0) is 19.9 Å². The van der Waals surface area contributed by atoms with Crippen molar-refractivity contribution in [2.45, 2.75) is 38.0 Å². The molecule has 2 heteroatoms. The van der Waals surface area contributed by atoms with Crippen LogP contribution in [0.5, 0.6) is 0 Å². The predicted molar refractivity (Wildman–Crippen MR) is 61.0 cm³/mol. The van der Waals surface area contributed by atoms with Crippen molar-refractivity contribution < 1.29 is 0 Å². The molecule has 0 amide bonds. The molecule has 13 heavy (non-hydrogen) atoms. The van der Waals surface area contributed by atoms with Crippen molar-refractivity contribution in [1.82, 2.24) is 4.90 Å². The molecule has 0 radical (unpaired) electrons. The smallest absolute Gasteiger partial charge is 0.0184 e. The van der Waals surface area contributed by atoms with Crippen molar-refractivity contribution in [1.29, 1.82) is 0 Å². The molecule has 1 fully saturated rings. The van der Waals surface area contributed by atoms with E-state index in [1.54, 1.807) is 0 Å². The summed E-state index contributed by atoms with van der Waals surface area (Å²) in [6.07, 6.45) is 7.31. The molecule has 1 aliphatic rings. The Morgan fingerprint density at radius 3 is 3.00 bits per heavy atom. The van der Waals surface area contributed by atoms with E-state index in [1.165, 1.54) is 18.8 Å². The Morgan fingerprint density at radius 1 is 1.54 bits per heavy atom. The molecule has 1 nitrogen and oxygen atoms in total. The van der Waals surface area contributed by atoms with Crippen LogP contribution in [-0.2, 0) is 0 Å². The molecule has 1 saturated heterocycles. The van der Waals surface area contributed by atoms with Gasteiger partial charge in [-0.15, -0.1) is 12.3 Å². The maximum absolute atomic E-state index is 5.23. The standard InChI is InChI=1S/C11H19NS/c1-4-5-6-7-12-8-9-13-11(3)10(12)2/h1,10-11H,5-9H2,2-3H3. The molecule has 0 aromatic carbocycles. The topological polar surface area (TPSA) is 3.24 Å². The molecule has 74 valence electrons. The maximum Gasteiger partial charge on any atom is 0.0184 e. The molecule has 0 aromatic heterocycles. The number of terminal acetylenes is 1. The normalized spacial score (nSPS) is 29.9. The predicted octanol–water partition coefficient (Wildman–Crippen LogP) is 2.23. The van der Waals surface area contributed by atoms with Gasteiger partial charge in [0.15, 0.2) is 0 Å². The summed E-state index contributed by atoms with van der Waals surface area (Å²) < 4.78 is 0. The summed E-state index contributed by atoms with van der Waals surface area (Å²) in [5.41, 5.74) is 0. The highest BCUT2D eigenvalue weighted by molar-refractivity contribution is 8.00. The van der Waals surface area contributed by atoms with Gasteiger partial charge >= 0.3 is 0 Å². The second-order valence-corrected chi connectivity index (χ2v) is 5.15. The number of hydrogen-bond donors (Lipinski definition) is 0. The van der Waals surface area contributed by atoms with Crippen LogP contribution < -0.4 is 0 Å². The summed E-state index contributed by atoms with van der Waals surface area (Å²) >= 11 is 2.09. The Labute approximate surface area is 86.3 Å². The molecule has 0 spiro atoms. The van der Waals surface area contributed by atoms with Crippen molar-refractivity contribution >= 4 is 11.8 Å². The molecule has 2 unspecified atom stereocenters. The maximum atomic E-state index is 5.23. The summed E-state index contributed by atoms with van der Waals surface area (Å²) in [6, 6.07) is 0.719. The number of thioether (sulfide) groups is 1. The highest BCUT2D eigenvalue weighted by Crippen LogP contribution is 2.24. The highest BCUT2D eigenvalue weighted by Gasteiger charge is 2.24. The molecule has 0 aliphatic carbocycles. The van der Waals surface area contributed by atoms with E-state index < -0.39 is 0 Å². The minimum Gasteiger partial charge on any atom is -0.299 e. The van der Waals surface area contributed by atoms with Crippen molar-refractivity contribution in [3.8, 4) is 12.3 Å². The van der Waals surface area contributed by atoms with E-state index in [1.807, 2.05) is 0 Å². The van der Waals surface area contributed by atoms with Gasteiger partial charge in [-0.25, -0.2) is 0 Å². The van der Waals surface area contributed by atoms with Gasteiger partial charge in [-0.3, -0.25) is 4.90 Å². The molecule has 2 atom stereocenters. The Kier molecular flexibility index (Phi) is 4.69. The summed E-state index contributed by atoms with van der Waals surface area (Å²) in [5.74, 6) is 3.98. The number of nitrogens with zero attached hydrogens (tertiary/aromatic N) is 1. The fraction of sp³-hybridized carbons (Fsp3) is 0.818. The van der Waals surface area contributed by atoms with Gasteiger partial charge in [0.2, 0.25) is 0 Å². The third-order valence-corrected chi connectivity index (χ3v) is 4.12. The Balaban J connectivity index is 2.27. The van der Waals surface area contributed by atoms with Crippen LogP contribution in [-0.4, -0.2) is 35.0 Å². The van der Waals surface area contributed by atoms with Crippen molar-refractivity contribution in [3.05, 3.63) is 0 Å². The van der Waals surface area contributed by atoms with Crippen molar-refractivity contribution in [2.75, 3.05) is 18.8 Å². The molecule has 0 N–H and O–H groups in total. The van der Waals surface area contributed by atoms with Gasteiger partial charge in [0, 0.05) is 30.0 Å². The van der Waals surface area contributed by atoms with E-state index in [0.29, 0.717) is 0 Å².